The molecular formula is C13H20N2O2. The summed E-state index contributed by atoms with van der Waals surface area (Å²) in [4.78, 5) is 9.94. The zero-order valence-corrected chi connectivity index (χ0v) is 10.8. The second kappa shape index (κ2) is 4.38. The number of nitrogens with one attached hydrogen (secondary N) is 2. The summed E-state index contributed by atoms with van der Waals surface area (Å²) in [7, 11) is 0. The predicted octanol–water partition coefficient (Wildman–Crippen LogP) is 2.29. The average molecular weight is 236 g/mol. The predicted molar refractivity (Wildman–Crippen MR) is 65.5 cm³/mol. The fourth-order valence-electron chi connectivity index (χ4n) is 1.27. The summed E-state index contributed by atoms with van der Waals surface area (Å²) in [5.41, 5.74) is 6.61. The van der Waals surface area contributed by atoms with Gasteiger partial charge in [0.05, 0.1) is 0 Å². The Morgan fingerprint density at radius 1 is 1.00 bits per heavy atom. The van der Waals surface area contributed by atoms with Crippen molar-refractivity contribution in [1.29, 1.82) is 0 Å². The van der Waals surface area contributed by atoms with E-state index < -0.39 is 0 Å². The first-order chi connectivity index (χ1) is 7.96. The normalized spacial score (nSPS) is 33.9. The molecule has 2 unspecified atom stereocenters. The fourth-order valence-corrected chi connectivity index (χ4v) is 1.27. The molecule has 2 aliphatic heterocycles. The van der Waals surface area contributed by atoms with Gasteiger partial charge in [0.2, 0.25) is 0 Å². The second-order valence-corrected chi connectivity index (χ2v) is 5.07. The summed E-state index contributed by atoms with van der Waals surface area (Å²) in [6.07, 6.45) is 0. The Labute approximate surface area is 102 Å². The van der Waals surface area contributed by atoms with E-state index in [1.54, 1.807) is 0 Å². The third kappa shape index (κ3) is 3.04. The maximum absolute atomic E-state index is 5.03. The van der Waals surface area contributed by atoms with Crippen LogP contribution in [-0.4, -0.2) is 5.72 Å². The highest BCUT2D eigenvalue weighted by atomic mass is 16.8. The molecule has 0 saturated carbocycles. The first-order valence-corrected chi connectivity index (χ1v) is 5.92. The molecule has 2 fully saturated rings. The summed E-state index contributed by atoms with van der Waals surface area (Å²) in [5, 5.41) is 0. The van der Waals surface area contributed by atoms with Crippen molar-refractivity contribution in [2.45, 2.75) is 39.1 Å². The summed E-state index contributed by atoms with van der Waals surface area (Å²) in [5.74, 6) is 0.576. The van der Waals surface area contributed by atoms with Crippen molar-refractivity contribution in [3.05, 3.63) is 35.9 Å². The topological polar surface area (TPSA) is 68.9 Å². The van der Waals surface area contributed by atoms with Crippen molar-refractivity contribution < 1.29 is 9.68 Å². The van der Waals surface area contributed by atoms with E-state index in [0.717, 1.165) is 0 Å². The lowest BCUT2D eigenvalue weighted by atomic mass is 10.1. The largest absolute Gasteiger partial charge is 0.275 e. The molecule has 0 aromatic heterocycles. The minimum Gasteiger partial charge on any atom is -0.275 e. The number of rotatable bonds is 2. The van der Waals surface area contributed by atoms with Crippen molar-refractivity contribution in [2.24, 2.45) is 5.92 Å². The molecule has 4 heteroatoms. The minimum absolute atomic E-state index is 0. The standard InChI is InChI=1S/C8H9NO.C5H11NO/c1-8(9-10-8)7-5-3-2-4-6-7;1-4(2)5(3)6-7-5/h2-6,9H,1H3;4,6H,1-3H3. The molecule has 2 heterocycles. The Kier molecular flexibility index (Phi) is 3.23. The van der Waals surface area contributed by atoms with E-state index in [9.17, 15) is 0 Å². The first-order valence-electron chi connectivity index (χ1n) is 5.92. The van der Waals surface area contributed by atoms with Gasteiger partial charge in [0.25, 0.3) is 0 Å². The number of benzene rings is 1. The van der Waals surface area contributed by atoms with Crippen LogP contribution in [0, 0.1) is 5.92 Å². The van der Waals surface area contributed by atoms with Gasteiger partial charge in [-0.25, -0.2) is 0 Å². The molecule has 2 N–H and O–H groups in total. The molecule has 4 nitrogen and oxygen atoms in total. The molecule has 94 valence electrons. The van der Waals surface area contributed by atoms with Crippen LogP contribution >= 0.6 is 0 Å². The third-order valence-corrected chi connectivity index (χ3v) is 3.26. The van der Waals surface area contributed by atoms with E-state index in [-0.39, 0.29) is 11.4 Å². The Morgan fingerprint density at radius 2 is 1.53 bits per heavy atom. The van der Waals surface area contributed by atoms with E-state index in [0.29, 0.717) is 5.92 Å². The summed E-state index contributed by atoms with van der Waals surface area (Å²) in [6.45, 7) is 8.29. The minimum atomic E-state index is -0.207. The van der Waals surface area contributed by atoms with Gasteiger partial charge in [-0.05, 0) is 19.8 Å². The molecule has 0 aliphatic carbocycles. The zero-order valence-electron chi connectivity index (χ0n) is 10.8. The van der Waals surface area contributed by atoms with Crippen LogP contribution in [0.2, 0.25) is 0 Å². The van der Waals surface area contributed by atoms with Crippen LogP contribution in [-0.2, 0) is 15.4 Å². The molecule has 1 aromatic rings. The van der Waals surface area contributed by atoms with Gasteiger partial charge >= 0.3 is 0 Å². The van der Waals surface area contributed by atoms with Gasteiger partial charge in [-0.3, -0.25) is 9.68 Å². The molecule has 0 radical (unpaired) electrons. The van der Waals surface area contributed by atoms with Crippen LogP contribution < -0.4 is 11.0 Å². The molecule has 0 amide bonds. The molecule has 17 heavy (non-hydrogen) atoms. The van der Waals surface area contributed by atoms with Gasteiger partial charge in [0, 0.05) is 5.56 Å². The van der Waals surface area contributed by atoms with E-state index >= 15 is 0 Å². The molecular weight excluding hydrogens is 216 g/mol. The van der Waals surface area contributed by atoms with Crippen LogP contribution in [0.5, 0.6) is 0 Å². The molecule has 2 saturated heterocycles. The van der Waals surface area contributed by atoms with Crippen molar-refractivity contribution in [2.75, 3.05) is 0 Å². The smallest absolute Gasteiger partial charge is 0.184 e. The second-order valence-electron chi connectivity index (χ2n) is 5.07. The van der Waals surface area contributed by atoms with Gasteiger partial charge in [0.1, 0.15) is 0 Å². The molecule has 2 aliphatic rings. The van der Waals surface area contributed by atoms with Crippen LogP contribution in [0.3, 0.4) is 0 Å². The Hall–Kier alpha value is -0.940. The number of hydrogen-bond donors (Lipinski definition) is 2. The van der Waals surface area contributed by atoms with Gasteiger partial charge < -0.3 is 0 Å². The highest BCUT2D eigenvalue weighted by molar-refractivity contribution is 5.22. The Bertz CT molecular complexity index is 370. The summed E-state index contributed by atoms with van der Waals surface area (Å²) in [6, 6.07) is 10.1. The summed E-state index contributed by atoms with van der Waals surface area (Å²) < 4.78 is 0. The Morgan fingerprint density at radius 3 is 1.82 bits per heavy atom. The SMILES string of the molecule is CC(C)C1(C)NO1.CC1(c2ccccc2)NO1. The average Bonchev–Trinajstić information content (AvgIpc) is 3.22. The highest BCUT2D eigenvalue weighted by Gasteiger charge is 2.42. The van der Waals surface area contributed by atoms with Crippen molar-refractivity contribution >= 4 is 0 Å². The van der Waals surface area contributed by atoms with E-state index in [1.807, 2.05) is 44.2 Å². The maximum Gasteiger partial charge on any atom is 0.184 e. The number of hydroxylamine groups is 2. The van der Waals surface area contributed by atoms with Gasteiger partial charge in [-0.1, -0.05) is 44.2 Å². The molecule has 1 aromatic carbocycles. The van der Waals surface area contributed by atoms with Crippen molar-refractivity contribution in [3.8, 4) is 0 Å². The van der Waals surface area contributed by atoms with Gasteiger partial charge in [-0.15, -0.1) is 0 Å². The molecule has 3 rings (SSSR count). The van der Waals surface area contributed by atoms with E-state index in [2.05, 4.69) is 24.8 Å². The third-order valence-electron chi connectivity index (χ3n) is 3.26. The van der Waals surface area contributed by atoms with Gasteiger partial charge in [0.15, 0.2) is 11.4 Å². The van der Waals surface area contributed by atoms with Crippen LogP contribution in [0.1, 0.15) is 33.3 Å². The van der Waals surface area contributed by atoms with Crippen LogP contribution in [0.4, 0.5) is 0 Å². The number of hydrogen-bond acceptors (Lipinski definition) is 4. The van der Waals surface area contributed by atoms with Crippen molar-refractivity contribution in [1.82, 2.24) is 11.0 Å². The highest BCUT2D eigenvalue weighted by Crippen LogP contribution is 2.30. The monoisotopic (exact) mass is 236 g/mol. The zero-order chi connectivity index (χ0) is 12.5. The van der Waals surface area contributed by atoms with Gasteiger partial charge in [-0.2, -0.15) is 11.0 Å². The molecule has 2 atom stereocenters. The summed E-state index contributed by atoms with van der Waals surface area (Å²) >= 11 is 0. The fraction of sp³-hybridized carbons (Fsp3) is 0.538. The quantitative estimate of drug-likeness (QED) is 0.773. The maximum atomic E-state index is 5.03. The molecule has 0 spiro atoms. The lowest BCUT2D eigenvalue weighted by molar-refractivity contribution is 0.254. The molecule has 0 bridgehead atoms. The van der Waals surface area contributed by atoms with E-state index in [1.165, 1.54) is 5.56 Å². The van der Waals surface area contributed by atoms with Crippen LogP contribution in [0.15, 0.2) is 30.3 Å². The lowest BCUT2D eigenvalue weighted by Gasteiger charge is -2.03. The van der Waals surface area contributed by atoms with E-state index in [4.69, 9.17) is 9.68 Å². The Balaban J connectivity index is 0.000000136. The van der Waals surface area contributed by atoms with Crippen molar-refractivity contribution in [3.63, 3.8) is 0 Å². The van der Waals surface area contributed by atoms with Crippen LogP contribution in [0.25, 0.3) is 0 Å². The first kappa shape index (κ1) is 12.5. The lowest BCUT2D eigenvalue weighted by Crippen LogP contribution is -2.16.